The van der Waals surface area contributed by atoms with Crippen molar-refractivity contribution in [2.24, 2.45) is 0 Å². The number of anilines is 6. The molecule has 0 unspecified atom stereocenters. The Morgan fingerprint density at radius 3 is 0.850 bits per heavy atom. The number of hydrogen-bond donors (Lipinski definition) is 0. The quantitative estimate of drug-likeness (QED) is 0.120. The maximum absolute atomic E-state index is 2.52. The van der Waals surface area contributed by atoms with Crippen molar-refractivity contribution < 1.29 is 0 Å². The Labute approximate surface area is 589 Å². The third-order valence-corrected chi connectivity index (χ3v) is 23.7. The summed E-state index contributed by atoms with van der Waals surface area (Å²) in [7, 11) is 0. The molecule has 4 heteroatoms. The van der Waals surface area contributed by atoms with Gasteiger partial charge in [-0.2, -0.15) is 0 Å². The number of benzene rings is 16. The second kappa shape index (κ2) is 23.3. The summed E-state index contributed by atoms with van der Waals surface area (Å²) in [6.07, 6.45) is 0. The van der Waals surface area contributed by atoms with E-state index in [1.165, 1.54) is 140 Å². The van der Waals surface area contributed by atoms with Gasteiger partial charge in [0.25, 0.3) is 0 Å². The Hall–Kier alpha value is -12.2. The van der Waals surface area contributed by atoms with E-state index in [9.17, 15) is 0 Å². The van der Waals surface area contributed by atoms with Gasteiger partial charge in [-0.05, 0) is 174 Å². The molecule has 0 spiro atoms. The second-order valence-electron chi connectivity index (χ2n) is 26.5. The molecule has 2 aliphatic carbocycles. The van der Waals surface area contributed by atoms with E-state index >= 15 is 0 Å². The van der Waals surface area contributed by atoms with Crippen molar-refractivity contribution in [2.45, 2.75) is 10.8 Å². The van der Waals surface area contributed by atoms with E-state index in [2.05, 4.69) is 386 Å². The summed E-state index contributed by atoms with van der Waals surface area (Å²) in [5.41, 5.74) is 25.6. The third kappa shape index (κ3) is 8.74. The van der Waals surface area contributed by atoms with Crippen LogP contribution < -0.4 is 9.80 Å². The van der Waals surface area contributed by atoms with Crippen LogP contribution in [0.3, 0.4) is 0 Å². The smallest absolute Gasteiger partial charge is 0.0714 e. The standard InChI is InChI=1S/C96H62N2S2/c1-7-29-63(30-8-1)81-61-83-79-55-53-73(97(69-39-15-5-16-40-69)71-43-27-37-67(57-71)95(65-33-11-3-12-34-65)85-49-23-19-45-75(85)76-46-20-24-50-86(76)95)59-89(79)100-94(83)92-82(64-31-9-2-10-32-64)62-84-80-56-54-74(60-90(80)99-93(84)91(81)92)98(70-41-17-6-18-42-70)72-44-28-38-68(58-72)96(66-35-13-4-14-36-66)87-51-25-21-47-77(87)78-48-22-26-52-88(78)96/h1-62H. The maximum atomic E-state index is 2.52. The number of fused-ring (bicyclic) bond motifs is 15. The number of hydrogen-bond acceptors (Lipinski definition) is 4. The number of nitrogens with zero attached hydrogens (tertiary/aromatic N) is 2. The first-order valence-electron chi connectivity index (χ1n) is 34.5. The molecule has 0 aliphatic heterocycles. The summed E-state index contributed by atoms with van der Waals surface area (Å²) in [6, 6.07) is 141. The molecule has 0 fully saturated rings. The molecule has 0 radical (unpaired) electrons. The topological polar surface area (TPSA) is 6.48 Å². The molecule has 2 aliphatic rings. The molecule has 100 heavy (non-hydrogen) atoms. The first-order valence-corrected chi connectivity index (χ1v) is 36.1. The van der Waals surface area contributed by atoms with Gasteiger partial charge < -0.3 is 9.80 Å². The van der Waals surface area contributed by atoms with Crippen molar-refractivity contribution in [3.63, 3.8) is 0 Å². The number of rotatable bonds is 12. The van der Waals surface area contributed by atoms with Crippen LogP contribution in [-0.2, 0) is 10.8 Å². The lowest BCUT2D eigenvalue weighted by atomic mass is 9.67. The minimum absolute atomic E-state index is 0.544. The Balaban J connectivity index is 0.781. The molecule has 2 heterocycles. The molecule has 2 aromatic heterocycles. The van der Waals surface area contributed by atoms with Crippen molar-refractivity contribution in [1.82, 2.24) is 0 Å². The largest absolute Gasteiger partial charge is 0.310 e. The fourth-order valence-electron chi connectivity index (χ4n) is 17.2. The summed E-state index contributed by atoms with van der Waals surface area (Å²) >= 11 is 3.84. The molecule has 2 nitrogen and oxygen atoms in total. The van der Waals surface area contributed by atoms with Crippen LogP contribution >= 0.6 is 22.7 Å². The normalized spacial score (nSPS) is 13.2. The van der Waals surface area contributed by atoms with Crippen LogP contribution in [0.1, 0.15) is 44.5 Å². The van der Waals surface area contributed by atoms with Gasteiger partial charge in [0.05, 0.1) is 10.8 Å². The van der Waals surface area contributed by atoms with Crippen molar-refractivity contribution in [1.29, 1.82) is 0 Å². The summed E-state index contributed by atoms with van der Waals surface area (Å²) < 4.78 is 5.04. The fourth-order valence-corrected chi connectivity index (χ4v) is 19.8. The van der Waals surface area contributed by atoms with Crippen LogP contribution in [0, 0.1) is 0 Å². The van der Waals surface area contributed by atoms with Gasteiger partial charge in [0.15, 0.2) is 0 Å². The Kier molecular flexibility index (Phi) is 13.5. The van der Waals surface area contributed by atoms with E-state index in [1.54, 1.807) is 0 Å². The molecule has 16 aromatic carbocycles. The van der Waals surface area contributed by atoms with Crippen LogP contribution in [0.5, 0.6) is 0 Å². The predicted octanol–water partition coefficient (Wildman–Crippen LogP) is 26.6. The molecule has 0 bridgehead atoms. The van der Waals surface area contributed by atoms with Crippen molar-refractivity contribution in [2.75, 3.05) is 9.80 Å². The highest BCUT2D eigenvalue weighted by molar-refractivity contribution is 7.28. The molecule has 18 aromatic rings. The zero-order valence-corrected chi connectivity index (χ0v) is 56.1. The Morgan fingerprint density at radius 2 is 0.490 bits per heavy atom. The van der Waals surface area contributed by atoms with Gasteiger partial charge in [-0.1, -0.05) is 291 Å². The summed E-state index contributed by atoms with van der Waals surface area (Å²) in [5, 5.41) is 7.57. The predicted molar refractivity (Wildman–Crippen MR) is 425 cm³/mol. The lowest BCUT2D eigenvalue weighted by Crippen LogP contribution is -2.28. The van der Waals surface area contributed by atoms with Crippen molar-refractivity contribution in [3.8, 4) is 44.5 Å². The lowest BCUT2D eigenvalue weighted by Gasteiger charge is -2.35. The molecule has 0 saturated heterocycles. The van der Waals surface area contributed by atoms with Crippen LogP contribution in [0.2, 0.25) is 0 Å². The highest BCUT2D eigenvalue weighted by Gasteiger charge is 2.48. The molecule has 0 N–H and O–H groups in total. The minimum Gasteiger partial charge on any atom is -0.310 e. The second-order valence-corrected chi connectivity index (χ2v) is 28.6. The van der Waals surface area contributed by atoms with E-state index in [1.807, 2.05) is 22.7 Å². The Morgan fingerprint density at radius 1 is 0.200 bits per heavy atom. The first kappa shape index (κ1) is 58.0. The summed E-state index contributed by atoms with van der Waals surface area (Å²) in [4.78, 5) is 4.92. The van der Waals surface area contributed by atoms with E-state index < -0.39 is 10.8 Å². The van der Waals surface area contributed by atoms with Crippen LogP contribution in [0.15, 0.2) is 376 Å². The molecule has 20 rings (SSSR count). The average molecular weight is 1310 g/mol. The lowest BCUT2D eigenvalue weighted by molar-refractivity contribution is 0.768. The van der Waals surface area contributed by atoms with Crippen LogP contribution in [0.4, 0.5) is 34.1 Å². The molecular formula is C96H62N2S2. The van der Waals surface area contributed by atoms with Gasteiger partial charge in [-0.15, -0.1) is 22.7 Å². The van der Waals surface area contributed by atoms with Crippen LogP contribution in [0.25, 0.3) is 95.6 Å². The van der Waals surface area contributed by atoms with Crippen LogP contribution in [-0.4, -0.2) is 0 Å². The first-order chi connectivity index (χ1) is 49.6. The van der Waals surface area contributed by atoms with Crippen molar-refractivity contribution >= 4 is 108 Å². The van der Waals surface area contributed by atoms with Gasteiger partial charge in [-0.25, -0.2) is 0 Å². The highest BCUT2D eigenvalue weighted by atomic mass is 32.1. The van der Waals surface area contributed by atoms with Gasteiger partial charge in [-0.3, -0.25) is 0 Å². The van der Waals surface area contributed by atoms with E-state index in [-0.39, 0.29) is 0 Å². The van der Waals surface area contributed by atoms with Gasteiger partial charge >= 0.3 is 0 Å². The maximum Gasteiger partial charge on any atom is 0.0714 e. The van der Waals surface area contributed by atoms with E-state index in [4.69, 9.17) is 0 Å². The molecule has 0 saturated carbocycles. The fraction of sp³-hybridized carbons (Fsp3) is 0.0208. The number of thiophene rings is 2. The molecular weight excluding hydrogens is 1250 g/mol. The van der Waals surface area contributed by atoms with E-state index in [0.717, 1.165) is 34.1 Å². The minimum atomic E-state index is -0.544. The third-order valence-electron chi connectivity index (χ3n) is 21.4. The zero-order valence-electron chi connectivity index (χ0n) is 54.5. The van der Waals surface area contributed by atoms with Gasteiger partial charge in [0.2, 0.25) is 0 Å². The highest BCUT2D eigenvalue weighted by Crippen LogP contribution is 2.60. The number of para-hydroxylation sites is 2. The summed E-state index contributed by atoms with van der Waals surface area (Å²) in [6.45, 7) is 0. The van der Waals surface area contributed by atoms with Crippen molar-refractivity contribution in [3.05, 3.63) is 421 Å². The summed E-state index contributed by atoms with van der Waals surface area (Å²) in [5.74, 6) is 0. The molecule has 0 atom stereocenters. The Bertz CT molecular complexity index is 5750. The monoisotopic (exact) mass is 1310 g/mol. The van der Waals surface area contributed by atoms with Gasteiger partial charge in [0.1, 0.15) is 0 Å². The molecule has 468 valence electrons. The molecule has 0 amide bonds. The zero-order chi connectivity index (χ0) is 65.9. The van der Waals surface area contributed by atoms with Gasteiger partial charge in [0, 0.05) is 85.2 Å². The SMILES string of the molecule is c1ccc(-c2cc3c4ccc(N(c5ccccc5)c5cccc(C6(c7ccccc7)c7ccccc7-c7ccccc76)c5)cc4sc3c3c(-c4ccccc4)cc4c5ccc(N(c6ccccc6)c6cccc(C7(c8ccccc8)c8ccccc8-c8ccccc87)c6)cc5sc4c23)cc1. The van der Waals surface area contributed by atoms with E-state index in [0.29, 0.717) is 0 Å². The average Bonchev–Trinajstić information content (AvgIpc) is 1.53.